The highest BCUT2D eigenvalue weighted by Gasteiger charge is 2.29. The van der Waals surface area contributed by atoms with Crippen molar-refractivity contribution in [3.05, 3.63) is 42.0 Å². The van der Waals surface area contributed by atoms with E-state index in [-0.39, 0.29) is 36.2 Å². The van der Waals surface area contributed by atoms with E-state index >= 15 is 0 Å². The molecule has 156 valence electrons. The maximum atomic E-state index is 12.4. The Morgan fingerprint density at radius 3 is 2.80 bits per heavy atom. The molecule has 30 heavy (non-hydrogen) atoms. The molecule has 9 nitrogen and oxygen atoms in total. The van der Waals surface area contributed by atoms with Gasteiger partial charge in [-0.2, -0.15) is 0 Å². The third-order valence-electron chi connectivity index (χ3n) is 5.13. The Morgan fingerprint density at radius 2 is 2.03 bits per heavy atom. The van der Waals surface area contributed by atoms with Gasteiger partial charge in [-0.15, -0.1) is 10.2 Å². The second-order valence-corrected chi connectivity index (χ2v) is 7.24. The van der Waals surface area contributed by atoms with Gasteiger partial charge in [-0.3, -0.25) is 9.59 Å². The highest BCUT2D eigenvalue weighted by molar-refractivity contribution is 5.78. The standard InChI is InChI=1S/C21H22N4O5/c1-13-18(19(24-30-13)15-7-4-3-5-8-15)20-23-22-17(29-20)12-28-21(27)16-9-6-10-25(11-16)14(2)26/h3-5,7-8,16H,6,9-12H2,1-2H3/t16-/m1/s1. The van der Waals surface area contributed by atoms with Gasteiger partial charge >= 0.3 is 5.97 Å². The van der Waals surface area contributed by atoms with Crippen LogP contribution in [0.4, 0.5) is 0 Å². The number of piperidine rings is 1. The number of amides is 1. The predicted octanol–water partition coefficient (Wildman–Crippen LogP) is 3.00. The molecule has 1 saturated heterocycles. The van der Waals surface area contributed by atoms with Crippen molar-refractivity contribution in [2.75, 3.05) is 13.1 Å². The van der Waals surface area contributed by atoms with Crippen molar-refractivity contribution >= 4 is 11.9 Å². The molecule has 1 aliphatic rings. The molecule has 0 radical (unpaired) electrons. The lowest BCUT2D eigenvalue weighted by Crippen LogP contribution is -2.41. The van der Waals surface area contributed by atoms with Crippen molar-refractivity contribution < 1.29 is 23.3 Å². The van der Waals surface area contributed by atoms with Crippen molar-refractivity contribution in [1.29, 1.82) is 0 Å². The Bertz CT molecular complexity index is 1040. The zero-order valence-corrected chi connectivity index (χ0v) is 16.8. The summed E-state index contributed by atoms with van der Waals surface area (Å²) in [5.74, 6) is 0.234. The van der Waals surface area contributed by atoms with Gasteiger partial charge in [-0.25, -0.2) is 0 Å². The summed E-state index contributed by atoms with van der Waals surface area (Å²) >= 11 is 0. The number of hydrogen-bond donors (Lipinski definition) is 0. The first-order valence-electron chi connectivity index (χ1n) is 9.79. The van der Waals surface area contributed by atoms with E-state index in [2.05, 4.69) is 15.4 Å². The molecule has 1 aliphatic heterocycles. The number of nitrogens with zero attached hydrogens (tertiary/aromatic N) is 4. The topological polar surface area (TPSA) is 112 Å². The minimum absolute atomic E-state index is 0.0349. The molecule has 0 aliphatic carbocycles. The number of aromatic nitrogens is 3. The molecule has 0 N–H and O–H groups in total. The van der Waals surface area contributed by atoms with E-state index in [1.54, 1.807) is 11.8 Å². The third kappa shape index (κ3) is 4.10. The van der Waals surface area contributed by atoms with E-state index in [0.717, 1.165) is 12.0 Å². The third-order valence-corrected chi connectivity index (χ3v) is 5.13. The molecule has 1 atom stereocenters. The lowest BCUT2D eigenvalue weighted by molar-refractivity contribution is -0.153. The van der Waals surface area contributed by atoms with Crippen LogP contribution in [0.3, 0.4) is 0 Å². The molecular weight excluding hydrogens is 388 g/mol. The zero-order valence-electron chi connectivity index (χ0n) is 16.8. The number of benzene rings is 1. The first-order valence-corrected chi connectivity index (χ1v) is 9.79. The van der Waals surface area contributed by atoms with Gasteiger partial charge in [0.2, 0.25) is 5.91 Å². The van der Waals surface area contributed by atoms with Crippen molar-refractivity contribution in [3.63, 3.8) is 0 Å². The summed E-state index contributed by atoms with van der Waals surface area (Å²) in [4.78, 5) is 25.6. The maximum absolute atomic E-state index is 12.4. The van der Waals surface area contributed by atoms with Crippen LogP contribution in [0.2, 0.25) is 0 Å². The number of ether oxygens (including phenoxy) is 1. The summed E-state index contributed by atoms with van der Waals surface area (Å²) in [5.41, 5.74) is 2.07. The number of aryl methyl sites for hydroxylation is 1. The average Bonchev–Trinajstić information content (AvgIpc) is 3.39. The fraction of sp³-hybridized carbons (Fsp3) is 0.381. The van der Waals surface area contributed by atoms with Gasteiger partial charge in [0, 0.05) is 25.6 Å². The lowest BCUT2D eigenvalue weighted by Gasteiger charge is -2.30. The van der Waals surface area contributed by atoms with E-state index < -0.39 is 0 Å². The first-order chi connectivity index (χ1) is 14.5. The maximum Gasteiger partial charge on any atom is 0.311 e. The fourth-order valence-corrected chi connectivity index (χ4v) is 3.54. The molecule has 1 fully saturated rings. The van der Waals surface area contributed by atoms with Crippen molar-refractivity contribution in [1.82, 2.24) is 20.3 Å². The summed E-state index contributed by atoms with van der Waals surface area (Å²) in [6, 6.07) is 9.54. The van der Waals surface area contributed by atoms with Gasteiger partial charge in [0.05, 0.1) is 5.92 Å². The number of likely N-dealkylation sites (tertiary alicyclic amines) is 1. The van der Waals surface area contributed by atoms with Crippen molar-refractivity contribution in [2.24, 2.45) is 5.92 Å². The van der Waals surface area contributed by atoms with E-state index in [1.165, 1.54) is 6.92 Å². The number of rotatable bonds is 5. The van der Waals surface area contributed by atoms with Crippen LogP contribution in [-0.4, -0.2) is 45.2 Å². The van der Waals surface area contributed by atoms with Crippen molar-refractivity contribution in [3.8, 4) is 22.7 Å². The Balaban J connectivity index is 1.44. The summed E-state index contributed by atoms with van der Waals surface area (Å²) in [6.45, 7) is 4.19. The summed E-state index contributed by atoms with van der Waals surface area (Å²) < 4.78 is 16.4. The largest absolute Gasteiger partial charge is 0.455 e. The first kappa shape index (κ1) is 19.8. The Kier molecular flexibility index (Phi) is 5.60. The van der Waals surface area contributed by atoms with E-state index in [0.29, 0.717) is 36.5 Å². The molecule has 4 rings (SSSR count). The Labute approximate surface area is 173 Å². The van der Waals surface area contributed by atoms with Crippen LogP contribution in [0.25, 0.3) is 22.7 Å². The minimum Gasteiger partial charge on any atom is -0.455 e. The van der Waals surface area contributed by atoms with Crippen molar-refractivity contribution in [2.45, 2.75) is 33.3 Å². The highest BCUT2D eigenvalue weighted by Crippen LogP contribution is 2.33. The molecule has 1 aromatic carbocycles. The predicted molar refractivity (Wildman–Crippen MR) is 105 cm³/mol. The molecule has 0 saturated carbocycles. The van der Waals surface area contributed by atoms with Crippen LogP contribution in [-0.2, 0) is 20.9 Å². The molecule has 0 bridgehead atoms. The van der Waals surface area contributed by atoms with Gasteiger partial charge in [-0.05, 0) is 19.8 Å². The molecule has 0 spiro atoms. The van der Waals surface area contributed by atoms with Gasteiger partial charge in [0.25, 0.3) is 11.8 Å². The molecular formula is C21H22N4O5. The van der Waals surface area contributed by atoms with Gasteiger partial charge in [0.15, 0.2) is 6.61 Å². The van der Waals surface area contributed by atoms with Crippen LogP contribution >= 0.6 is 0 Å². The number of carbonyl (C=O) groups excluding carboxylic acids is 2. The molecule has 9 heteroatoms. The van der Waals surface area contributed by atoms with Crippen LogP contribution < -0.4 is 0 Å². The van der Waals surface area contributed by atoms with Crippen LogP contribution in [0.15, 0.2) is 39.3 Å². The van der Waals surface area contributed by atoms with Crippen LogP contribution in [0.5, 0.6) is 0 Å². The van der Waals surface area contributed by atoms with Gasteiger partial charge in [-0.1, -0.05) is 35.5 Å². The second-order valence-electron chi connectivity index (χ2n) is 7.24. The van der Waals surface area contributed by atoms with E-state index in [4.69, 9.17) is 13.7 Å². The Hall–Kier alpha value is -3.49. The SMILES string of the molecule is CC(=O)N1CCC[C@@H](C(=O)OCc2nnc(-c3c(-c4ccccc4)noc3C)o2)C1. The number of esters is 1. The highest BCUT2D eigenvalue weighted by atomic mass is 16.5. The summed E-state index contributed by atoms with van der Waals surface area (Å²) in [5, 5.41) is 12.2. The quantitative estimate of drug-likeness (QED) is 0.590. The molecule has 1 amide bonds. The summed E-state index contributed by atoms with van der Waals surface area (Å²) in [7, 11) is 0. The van der Waals surface area contributed by atoms with Gasteiger partial charge in [0.1, 0.15) is 17.0 Å². The molecule has 2 aromatic heterocycles. The van der Waals surface area contributed by atoms with Crippen LogP contribution in [0.1, 0.15) is 31.4 Å². The monoisotopic (exact) mass is 410 g/mol. The minimum atomic E-state index is -0.369. The van der Waals surface area contributed by atoms with E-state index in [1.807, 2.05) is 30.3 Å². The van der Waals surface area contributed by atoms with Gasteiger partial charge < -0.3 is 18.6 Å². The normalized spacial score (nSPS) is 16.5. The number of hydrogen-bond acceptors (Lipinski definition) is 8. The summed E-state index contributed by atoms with van der Waals surface area (Å²) in [6.07, 6.45) is 1.47. The lowest BCUT2D eigenvalue weighted by atomic mass is 9.98. The van der Waals surface area contributed by atoms with Crippen LogP contribution in [0, 0.1) is 12.8 Å². The Morgan fingerprint density at radius 1 is 1.23 bits per heavy atom. The average molecular weight is 410 g/mol. The van der Waals surface area contributed by atoms with E-state index in [9.17, 15) is 9.59 Å². The smallest absolute Gasteiger partial charge is 0.311 e. The molecule has 3 heterocycles. The molecule has 0 unspecified atom stereocenters. The molecule has 3 aromatic rings. The zero-order chi connectivity index (χ0) is 21.1. The fourth-order valence-electron chi connectivity index (χ4n) is 3.54. The number of carbonyl (C=O) groups is 2. The second kappa shape index (κ2) is 8.48.